The van der Waals surface area contributed by atoms with Gasteiger partial charge in [0.1, 0.15) is 12.3 Å². The van der Waals surface area contributed by atoms with Crippen LogP contribution in [0.1, 0.15) is 33.4 Å². The summed E-state index contributed by atoms with van der Waals surface area (Å²) in [6, 6.07) is 10.6. The van der Waals surface area contributed by atoms with Gasteiger partial charge in [0.2, 0.25) is 5.91 Å². The molecule has 4 rings (SSSR count). The summed E-state index contributed by atoms with van der Waals surface area (Å²) in [7, 11) is 0. The van der Waals surface area contributed by atoms with Gasteiger partial charge in [0.05, 0.1) is 23.2 Å². The van der Waals surface area contributed by atoms with Gasteiger partial charge < -0.3 is 14.6 Å². The van der Waals surface area contributed by atoms with Gasteiger partial charge in [-0.2, -0.15) is 5.10 Å². The van der Waals surface area contributed by atoms with Crippen molar-refractivity contribution in [2.24, 2.45) is 0 Å². The van der Waals surface area contributed by atoms with Gasteiger partial charge in [-0.15, -0.1) is 0 Å². The van der Waals surface area contributed by atoms with Crippen LogP contribution in [0.25, 0.3) is 5.69 Å². The van der Waals surface area contributed by atoms with E-state index in [0.29, 0.717) is 18.7 Å². The first kappa shape index (κ1) is 17.1. The summed E-state index contributed by atoms with van der Waals surface area (Å²) in [5.41, 5.74) is 3.66. The third-order valence-corrected chi connectivity index (χ3v) is 4.86. The highest BCUT2D eigenvalue weighted by molar-refractivity contribution is 5.98. The van der Waals surface area contributed by atoms with Crippen LogP contribution in [0.5, 0.6) is 0 Å². The Morgan fingerprint density at radius 2 is 2.00 bits per heavy atom. The van der Waals surface area contributed by atoms with Crippen molar-refractivity contribution in [3.05, 3.63) is 71.4 Å². The quantitative estimate of drug-likeness (QED) is 0.774. The number of carbonyl (C=O) groups excluding carboxylic acids is 2. The van der Waals surface area contributed by atoms with Crippen LogP contribution in [0.2, 0.25) is 0 Å². The Bertz CT molecular complexity index is 976. The lowest BCUT2D eigenvalue weighted by Crippen LogP contribution is -2.52. The summed E-state index contributed by atoms with van der Waals surface area (Å²) >= 11 is 0. The van der Waals surface area contributed by atoms with E-state index in [9.17, 15) is 9.59 Å². The maximum atomic E-state index is 12.9. The summed E-state index contributed by atoms with van der Waals surface area (Å²) < 4.78 is 6.85. The van der Waals surface area contributed by atoms with E-state index in [0.717, 1.165) is 22.6 Å². The van der Waals surface area contributed by atoms with E-state index >= 15 is 0 Å². The zero-order valence-electron chi connectivity index (χ0n) is 15.2. The molecule has 7 heteroatoms. The van der Waals surface area contributed by atoms with E-state index < -0.39 is 6.04 Å². The molecule has 1 N–H and O–H groups in total. The number of piperazine rings is 1. The Labute approximate surface area is 156 Å². The molecule has 0 bridgehead atoms. The number of aryl methyl sites for hydroxylation is 1. The van der Waals surface area contributed by atoms with Crippen molar-refractivity contribution in [2.45, 2.75) is 19.9 Å². The van der Waals surface area contributed by atoms with Gasteiger partial charge in [0.15, 0.2) is 0 Å². The highest BCUT2D eigenvalue weighted by Gasteiger charge is 2.38. The molecule has 138 valence electrons. The Kier molecular flexibility index (Phi) is 4.27. The maximum Gasteiger partial charge on any atom is 0.258 e. The van der Waals surface area contributed by atoms with Crippen molar-refractivity contribution in [3.8, 4) is 5.69 Å². The van der Waals surface area contributed by atoms with Gasteiger partial charge in [0.25, 0.3) is 5.91 Å². The second-order valence-electron chi connectivity index (χ2n) is 6.54. The van der Waals surface area contributed by atoms with Crippen molar-refractivity contribution in [1.29, 1.82) is 0 Å². The lowest BCUT2D eigenvalue weighted by molar-refractivity contribution is -0.128. The molecule has 1 saturated heterocycles. The fraction of sp³-hybridized carbons (Fsp3) is 0.250. The molecular weight excluding hydrogens is 344 g/mol. The maximum absolute atomic E-state index is 12.9. The van der Waals surface area contributed by atoms with Gasteiger partial charge in [0, 0.05) is 24.3 Å². The van der Waals surface area contributed by atoms with Crippen LogP contribution in [0.15, 0.2) is 53.3 Å². The van der Waals surface area contributed by atoms with Crippen molar-refractivity contribution in [2.75, 3.05) is 13.1 Å². The number of nitrogens with one attached hydrogen (secondary N) is 1. The fourth-order valence-corrected chi connectivity index (χ4v) is 3.60. The predicted octanol–water partition coefficient (Wildman–Crippen LogP) is 2.40. The number of para-hydroxylation sites is 1. The van der Waals surface area contributed by atoms with Crippen LogP contribution in [0.3, 0.4) is 0 Å². The number of carbonyl (C=O) groups is 2. The van der Waals surface area contributed by atoms with E-state index in [-0.39, 0.29) is 11.8 Å². The summed E-state index contributed by atoms with van der Waals surface area (Å²) in [6.07, 6.45) is 2.86. The molecule has 2 amide bonds. The standard InChI is InChI=1S/C20H20N4O3/c1-13-17(14(2)24(22-13)16-6-4-3-5-7-16)18-19(25)21-9-10-23(18)20(26)15-8-11-27-12-15/h3-8,11-12,18H,9-10H2,1-2H3,(H,21,25). The number of aromatic nitrogens is 2. The van der Waals surface area contributed by atoms with Gasteiger partial charge >= 0.3 is 0 Å². The summed E-state index contributed by atoms with van der Waals surface area (Å²) in [4.78, 5) is 27.3. The lowest BCUT2D eigenvalue weighted by Gasteiger charge is -2.35. The molecule has 1 aliphatic rings. The Morgan fingerprint density at radius 3 is 2.70 bits per heavy atom. The van der Waals surface area contributed by atoms with Crippen molar-refractivity contribution < 1.29 is 14.0 Å². The zero-order chi connectivity index (χ0) is 19.0. The minimum Gasteiger partial charge on any atom is -0.472 e. The van der Waals surface area contributed by atoms with Crippen LogP contribution in [0, 0.1) is 13.8 Å². The van der Waals surface area contributed by atoms with E-state index in [1.54, 1.807) is 11.0 Å². The third kappa shape index (κ3) is 2.91. The number of hydrogen-bond acceptors (Lipinski definition) is 4. The lowest BCUT2D eigenvalue weighted by atomic mass is 9.99. The number of furan rings is 1. The third-order valence-electron chi connectivity index (χ3n) is 4.86. The largest absolute Gasteiger partial charge is 0.472 e. The minimum atomic E-state index is -0.724. The summed E-state index contributed by atoms with van der Waals surface area (Å²) in [6.45, 7) is 4.63. The zero-order valence-corrected chi connectivity index (χ0v) is 15.2. The average Bonchev–Trinajstić information content (AvgIpc) is 3.31. The van der Waals surface area contributed by atoms with Crippen LogP contribution >= 0.6 is 0 Å². The van der Waals surface area contributed by atoms with Crippen LogP contribution in [-0.4, -0.2) is 39.6 Å². The number of nitrogens with zero attached hydrogens (tertiary/aromatic N) is 3. The SMILES string of the molecule is Cc1nn(-c2ccccc2)c(C)c1C1C(=O)NCCN1C(=O)c1ccoc1. The smallest absolute Gasteiger partial charge is 0.258 e. The molecule has 1 aliphatic heterocycles. The van der Waals surface area contributed by atoms with E-state index in [1.165, 1.54) is 12.5 Å². The summed E-state index contributed by atoms with van der Waals surface area (Å²) in [5, 5.41) is 7.50. The first-order valence-corrected chi connectivity index (χ1v) is 8.80. The Balaban J connectivity index is 1.79. The van der Waals surface area contributed by atoms with Gasteiger partial charge in [-0.05, 0) is 32.0 Å². The van der Waals surface area contributed by atoms with E-state index in [2.05, 4.69) is 10.4 Å². The first-order chi connectivity index (χ1) is 13.1. The molecule has 0 saturated carbocycles. The molecule has 1 aromatic carbocycles. The van der Waals surface area contributed by atoms with Crippen LogP contribution in [-0.2, 0) is 4.79 Å². The van der Waals surface area contributed by atoms with Crippen LogP contribution < -0.4 is 5.32 Å². The topological polar surface area (TPSA) is 80.4 Å². The predicted molar refractivity (Wildman–Crippen MR) is 98.5 cm³/mol. The fourth-order valence-electron chi connectivity index (χ4n) is 3.60. The number of hydrogen-bond donors (Lipinski definition) is 1. The first-order valence-electron chi connectivity index (χ1n) is 8.80. The summed E-state index contributed by atoms with van der Waals surface area (Å²) in [5.74, 6) is -0.424. The molecule has 0 aliphatic carbocycles. The second-order valence-corrected chi connectivity index (χ2v) is 6.54. The number of amides is 2. The van der Waals surface area contributed by atoms with Crippen molar-refractivity contribution in [3.63, 3.8) is 0 Å². The van der Waals surface area contributed by atoms with E-state index in [1.807, 2.05) is 48.9 Å². The monoisotopic (exact) mass is 364 g/mol. The molecule has 3 heterocycles. The second kappa shape index (κ2) is 6.75. The minimum absolute atomic E-state index is 0.197. The molecule has 1 fully saturated rings. The molecule has 27 heavy (non-hydrogen) atoms. The molecule has 1 unspecified atom stereocenters. The Morgan fingerprint density at radius 1 is 1.22 bits per heavy atom. The number of benzene rings is 1. The Hall–Kier alpha value is -3.35. The van der Waals surface area contributed by atoms with Gasteiger partial charge in [-0.3, -0.25) is 9.59 Å². The average molecular weight is 364 g/mol. The molecule has 0 spiro atoms. The van der Waals surface area contributed by atoms with Crippen molar-refractivity contribution in [1.82, 2.24) is 20.0 Å². The van der Waals surface area contributed by atoms with Gasteiger partial charge in [-0.1, -0.05) is 18.2 Å². The molecule has 7 nitrogen and oxygen atoms in total. The highest BCUT2D eigenvalue weighted by Crippen LogP contribution is 2.31. The molecule has 1 atom stereocenters. The normalized spacial score (nSPS) is 17.0. The number of rotatable bonds is 3. The molecular formula is C20H20N4O3. The van der Waals surface area contributed by atoms with Gasteiger partial charge in [-0.25, -0.2) is 4.68 Å². The highest BCUT2D eigenvalue weighted by atomic mass is 16.3. The molecule has 3 aromatic rings. The van der Waals surface area contributed by atoms with Crippen LogP contribution in [0.4, 0.5) is 0 Å². The molecule has 0 radical (unpaired) electrons. The van der Waals surface area contributed by atoms with E-state index in [4.69, 9.17) is 4.42 Å². The van der Waals surface area contributed by atoms with Crippen molar-refractivity contribution >= 4 is 11.8 Å². The molecule has 2 aromatic heterocycles.